The summed E-state index contributed by atoms with van der Waals surface area (Å²) >= 11 is 0. The zero-order valence-corrected chi connectivity index (χ0v) is 22.3. The highest BCUT2D eigenvalue weighted by atomic mass is 16.6. The fourth-order valence-corrected chi connectivity index (χ4v) is 4.21. The Morgan fingerprint density at radius 3 is 1.77 bits per heavy atom. The summed E-state index contributed by atoms with van der Waals surface area (Å²) in [6.45, 7) is 1.23. The highest BCUT2D eigenvalue weighted by molar-refractivity contribution is 5.82. The average molecular weight is 535 g/mol. The fraction of sp³-hybridized carbons (Fsp3) is 0.300. The lowest BCUT2D eigenvalue weighted by atomic mass is 9.80. The van der Waals surface area contributed by atoms with Gasteiger partial charge in [-0.25, -0.2) is 0 Å². The molecular weight excluding hydrogens is 500 g/mol. The van der Waals surface area contributed by atoms with E-state index in [1.54, 1.807) is 14.2 Å². The van der Waals surface area contributed by atoms with Crippen LogP contribution in [0.1, 0.15) is 36.5 Å². The quantitative estimate of drug-likeness (QED) is 0.240. The predicted octanol–water partition coefficient (Wildman–Crippen LogP) is 3.33. The van der Waals surface area contributed by atoms with E-state index in [0.29, 0.717) is 11.5 Å². The molecule has 9 heteroatoms. The molecule has 3 aromatic rings. The maximum Gasteiger partial charge on any atom is 0.303 e. The number of hydrogen-bond donors (Lipinski definition) is 2. The molecule has 3 aromatic carbocycles. The number of carbonyl (C=O) groups excluding carboxylic acids is 3. The van der Waals surface area contributed by atoms with Gasteiger partial charge in [-0.2, -0.15) is 0 Å². The number of carbonyl (C=O) groups is 3. The molecule has 0 fully saturated rings. The van der Waals surface area contributed by atoms with E-state index in [9.17, 15) is 14.4 Å². The summed E-state index contributed by atoms with van der Waals surface area (Å²) in [5.41, 5.74) is 6.48. The van der Waals surface area contributed by atoms with Crippen molar-refractivity contribution in [3.8, 4) is 11.5 Å². The van der Waals surface area contributed by atoms with Crippen LogP contribution in [0.25, 0.3) is 0 Å². The lowest BCUT2D eigenvalue weighted by Gasteiger charge is -2.37. The Morgan fingerprint density at radius 2 is 1.31 bits per heavy atom. The van der Waals surface area contributed by atoms with Crippen molar-refractivity contribution in [2.75, 3.05) is 27.4 Å². The summed E-state index contributed by atoms with van der Waals surface area (Å²) in [5.74, 6) is -0.102. The largest absolute Gasteiger partial charge is 0.497 e. The van der Waals surface area contributed by atoms with E-state index < -0.39 is 23.6 Å². The number of primary amides is 1. The van der Waals surface area contributed by atoms with Crippen molar-refractivity contribution in [2.45, 2.75) is 31.5 Å². The second-order valence-electron chi connectivity index (χ2n) is 8.82. The normalized spacial score (nSPS) is 11.8. The van der Waals surface area contributed by atoms with Gasteiger partial charge in [-0.05, 0) is 41.0 Å². The zero-order chi connectivity index (χ0) is 28.3. The highest BCUT2D eigenvalue weighted by Crippen LogP contribution is 2.41. The summed E-state index contributed by atoms with van der Waals surface area (Å²) in [7, 11) is 3.20. The monoisotopic (exact) mass is 534 g/mol. The average Bonchev–Trinajstić information content (AvgIpc) is 2.95. The van der Waals surface area contributed by atoms with Crippen molar-refractivity contribution in [2.24, 2.45) is 5.73 Å². The van der Waals surface area contributed by atoms with Gasteiger partial charge in [0, 0.05) is 19.8 Å². The number of rotatable bonds is 14. The topological polar surface area (TPSA) is 126 Å². The molecule has 1 unspecified atom stereocenters. The number of hydrogen-bond acceptors (Lipinski definition) is 7. The highest BCUT2D eigenvalue weighted by Gasteiger charge is 2.39. The Balaban J connectivity index is 2.02. The van der Waals surface area contributed by atoms with Crippen molar-refractivity contribution in [1.29, 1.82) is 0 Å². The van der Waals surface area contributed by atoms with E-state index in [1.165, 1.54) is 6.92 Å². The second kappa shape index (κ2) is 14.0. The molecular formula is C30H34N2O7. The molecule has 0 aliphatic rings. The number of amides is 2. The molecule has 0 aliphatic heterocycles. The minimum Gasteiger partial charge on any atom is -0.497 e. The minimum absolute atomic E-state index is 0.00668. The molecule has 0 aliphatic carbocycles. The standard InChI is InChI=1S/C30H34N2O7/c1-21(33)39-27(19-32-29(35)18-17-28(31)34)20-38-30(22-7-5-4-6-8-22,23-9-13-25(36-2)14-10-23)24-11-15-26(37-3)16-12-24/h4-16,27H,17-20H2,1-3H3,(H2,31,34)(H,32,35). The number of nitrogens with one attached hydrogen (secondary N) is 1. The molecule has 0 spiro atoms. The molecule has 0 radical (unpaired) electrons. The molecule has 0 aromatic heterocycles. The summed E-state index contributed by atoms with van der Waals surface area (Å²) in [4.78, 5) is 35.1. The summed E-state index contributed by atoms with van der Waals surface area (Å²) in [5, 5.41) is 2.69. The third-order valence-corrected chi connectivity index (χ3v) is 6.12. The van der Waals surface area contributed by atoms with Gasteiger partial charge in [-0.1, -0.05) is 54.6 Å². The van der Waals surface area contributed by atoms with Gasteiger partial charge >= 0.3 is 5.97 Å². The summed E-state index contributed by atoms with van der Waals surface area (Å²) in [6, 6.07) is 24.7. The number of benzene rings is 3. The van der Waals surface area contributed by atoms with Crippen molar-refractivity contribution >= 4 is 17.8 Å². The fourth-order valence-electron chi connectivity index (χ4n) is 4.21. The van der Waals surface area contributed by atoms with Gasteiger partial charge in [0.25, 0.3) is 0 Å². The molecule has 0 bridgehead atoms. The van der Waals surface area contributed by atoms with Crippen LogP contribution in [0.5, 0.6) is 11.5 Å². The molecule has 206 valence electrons. The summed E-state index contributed by atoms with van der Waals surface area (Å²) < 4.78 is 23.0. The van der Waals surface area contributed by atoms with Crippen molar-refractivity contribution in [1.82, 2.24) is 5.32 Å². The van der Waals surface area contributed by atoms with Crippen LogP contribution in [0.4, 0.5) is 0 Å². The van der Waals surface area contributed by atoms with Crippen LogP contribution < -0.4 is 20.5 Å². The predicted molar refractivity (Wildman–Crippen MR) is 145 cm³/mol. The molecule has 39 heavy (non-hydrogen) atoms. The van der Waals surface area contributed by atoms with E-state index in [2.05, 4.69) is 5.32 Å². The van der Waals surface area contributed by atoms with E-state index >= 15 is 0 Å². The minimum atomic E-state index is -1.12. The number of nitrogens with two attached hydrogens (primary N) is 1. The lowest BCUT2D eigenvalue weighted by Crippen LogP contribution is -2.41. The van der Waals surface area contributed by atoms with Crippen LogP contribution >= 0.6 is 0 Å². The van der Waals surface area contributed by atoms with Crippen LogP contribution in [-0.2, 0) is 29.5 Å². The smallest absolute Gasteiger partial charge is 0.303 e. The van der Waals surface area contributed by atoms with Crippen molar-refractivity contribution < 1.29 is 33.3 Å². The SMILES string of the molecule is COc1ccc(C(OCC(CNC(=O)CCC(N)=O)OC(C)=O)(c2ccccc2)c2ccc(OC)cc2)cc1. The lowest BCUT2D eigenvalue weighted by molar-refractivity contribution is -0.152. The first kappa shape index (κ1) is 29.2. The third-order valence-electron chi connectivity index (χ3n) is 6.12. The molecule has 0 saturated heterocycles. The van der Waals surface area contributed by atoms with E-state index in [1.807, 2.05) is 78.9 Å². The van der Waals surface area contributed by atoms with Gasteiger partial charge in [0.05, 0.1) is 27.4 Å². The number of methoxy groups -OCH3 is 2. The Morgan fingerprint density at radius 1 is 0.795 bits per heavy atom. The van der Waals surface area contributed by atoms with Crippen LogP contribution in [-0.4, -0.2) is 51.3 Å². The first-order valence-electron chi connectivity index (χ1n) is 12.5. The number of ether oxygens (including phenoxy) is 4. The van der Waals surface area contributed by atoms with Crippen molar-refractivity contribution in [3.05, 3.63) is 95.6 Å². The molecule has 0 heterocycles. The van der Waals surface area contributed by atoms with Gasteiger partial charge in [0.15, 0.2) is 0 Å². The van der Waals surface area contributed by atoms with Gasteiger partial charge in [0.2, 0.25) is 11.8 Å². The maximum absolute atomic E-state index is 12.2. The first-order valence-corrected chi connectivity index (χ1v) is 12.5. The molecule has 9 nitrogen and oxygen atoms in total. The van der Waals surface area contributed by atoms with Gasteiger partial charge in [-0.3, -0.25) is 14.4 Å². The second-order valence-corrected chi connectivity index (χ2v) is 8.82. The summed E-state index contributed by atoms with van der Waals surface area (Å²) in [6.07, 6.45) is -0.944. The van der Waals surface area contributed by atoms with Gasteiger partial charge in [-0.15, -0.1) is 0 Å². The number of esters is 1. The molecule has 0 saturated carbocycles. The molecule has 1 atom stereocenters. The van der Waals surface area contributed by atoms with Crippen LogP contribution in [0.2, 0.25) is 0 Å². The Labute approximate surface area is 228 Å². The van der Waals surface area contributed by atoms with Crippen LogP contribution in [0.3, 0.4) is 0 Å². The van der Waals surface area contributed by atoms with E-state index in [-0.39, 0.29) is 31.9 Å². The van der Waals surface area contributed by atoms with Gasteiger partial charge < -0.3 is 30.0 Å². The first-order chi connectivity index (χ1) is 18.8. The molecule has 2 amide bonds. The molecule has 3 rings (SSSR count). The maximum atomic E-state index is 12.2. The van der Waals surface area contributed by atoms with Crippen LogP contribution in [0.15, 0.2) is 78.9 Å². The van der Waals surface area contributed by atoms with E-state index in [0.717, 1.165) is 16.7 Å². The Hall–Kier alpha value is -4.37. The van der Waals surface area contributed by atoms with Gasteiger partial charge in [0.1, 0.15) is 23.2 Å². The zero-order valence-electron chi connectivity index (χ0n) is 22.3. The van der Waals surface area contributed by atoms with Crippen LogP contribution in [0, 0.1) is 0 Å². The Kier molecular flexibility index (Phi) is 10.5. The third kappa shape index (κ3) is 7.81. The van der Waals surface area contributed by atoms with E-state index in [4.69, 9.17) is 24.7 Å². The Bertz CT molecular complexity index is 1180. The molecule has 3 N–H and O–H groups in total. The van der Waals surface area contributed by atoms with Crippen molar-refractivity contribution in [3.63, 3.8) is 0 Å².